The largest absolute Gasteiger partial charge is 0.495 e. The molecule has 0 atom stereocenters. The van der Waals surface area contributed by atoms with E-state index in [1.54, 1.807) is 18.2 Å². The van der Waals surface area contributed by atoms with Gasteiger partial charge in [0.1, 0.15) is 18.1 Å². The second-order valence-electron chi connectivity index (χ2n) is 12.9. The van der Waals surface area contributed by atoms with Crippen LogP contribution in [0.15, 0.2) is 36.4 Å². The zero-order chi connectivity index (χ0) is 33.2. The van der Waals surface area contributed by atoms with Crippen molar-refractivity contribution in [2.45, 2.75) is 63.3 Å². The van der Waals surface area contributed by atoms with Crippen LogP contribution in [-0.2, 0) is 11.3 Å². The van der Waals surface area contributed by atoms with Crippen LogP contribution in [0.3, 0.4) is 0 Å². The fourth-order valence-electron chi connectivity index (χ4n) is 7.31. The molecule has 2 saturated heterocycles. The molecule has 6 rings (SSSR count). The first-order chi connectivity index (χ1) is 22.6. The van der Waals surface area contributed by atoms with Crippen LogP contribution in [0, 0.1) is 23.1 Å². The number of alkyl halides is 3. The van der Waals surface area contributed by atoms with Crippen LogP contribution in [0.2, 0.25) is 0 Å². The van der Waals surface area contributed by atoms with Crippen molar-refractivity contribution in [1.82, 2.24) is 14.8 Å². The number of rotatable bonds is 8. The van der Waals surface area contributed by atoms with Crippen LogP contribution in [0.4, 0.5) is 28.9 Å². The van der Waals surface area contributed by atoms with E-state index in [0.717, 1.165) is 63.5 Å². The van der Waals surface area contributed by atoms with Gasteiger partial charge in [-0.3, -0.25) is 9.69 Å². The Morgan fingerprint density at radius 1 is 1.09 bits per heavy atom. The summed E-state index contributed by atoms with van der Waals surface area (Å²) in [5.74, 6) is 4.64. The number of fused-ring (bicyclic) bond motifs is 1. The van der Waals surface area contributed by atoms with Gasteiger partial charge < -0.3 is 30.0 Å². The topological polar surface area (TPSA) is 79.8 Å². The first-order valence-electron chi connectivity index (χ1n) is 16.2. The number of carbonyl (C=O) groups excluding carboxylic acids is 1. The molecular formula is C35H41F4N5O3. The van der Waals surface area contributed by atoms with Gasteiger partial charge in [0.2, 0.25) is 0 Å². The van der Waals surface area contributed by atoms with Crippen LogP contribution in [0.1, 0.15) is 54.6 Å². The van der Waals surface area contributed by atoms with E-state index in [4.69, 9.17) is 9.47 Å². The van der Waals surface area contributed by atoms with Crippen molar-refractivity contribution in [2.24, 2.45) is 5.41 Å². The molecule has 252 valence electrons. The third kappa shape index (κ3) is 7.31. The summed E-state index contributed by atoms with van der Waals surface area (Å²) in [7, 11) is 2.78. The van der Waals surface area contributed by atoms with Crippen molar-refractivity contribution in [3.63, 3.8) is 0 Å². The third-order valence-corrected chi connectivity index (χ3v) is 9.83. The first-order valence-corrected chi connectivity index (χ1v) is 16.2. The minimum absolute atomic E-state index is 0.00290. The van der Waals surface area contributed by atoms with Gasteiger partial charge in [-0.15, -0.1) is 0 Å². The van der Waals surface area contributed by atoms with Gasteiger partial charge in [-0.2, -0.15) is 13.2 Å². The van der Waals surface area contributed by atoms with E-state index in [1.807, 2.05) is 6.07 Å². The lowest BCUT2D eigenvalue weighted by Crippen LogP contribution is -2.62. The molecule has 3 aromatic rings. The molecule has 3 heterocycles. The van der Waals surface area contributed by atoms with Crippen LogP contribution < -0.4 is 20.7 Å². The summed E-state index contributed by atoms with van der Waals surface area (Å²) in [5.41, 5.74) is 2.03. The predicted octanol–water partition coefficient (Wildman–Crippen LogP) is 6.01. The number of amides is 1. The number of carbonyl (C=O) groups is 1. The van der Waals surface area contributed by atoms with Crippen LogP contribution in [0.25, 0.3) is 10.9 Å². The molecular weight excluding hydrogens is 614 g/mol. The molecule has 2 aromatic carbocycles. The van der Waals surface area contributed by atoms with Gasteiger partial charge in [-0.05, 0) is 68.7 Å². The number of hydrogen-bond acceptors (Lipinski definition) is 6. The van der Waals surface area contributed by atoms with E-state index >= 15 is 0 Å². The van der Waals surface area contributed by atoms with Crippen LogP contribution >= 0.6 is 0 Å². The van der Waals surface area contributed by atoms with E-state index in [-0.39, 0.29) is 35.3 Å². The number of aromatic nitrogens is 1. The molecule has 47 heavy (non-hydrogen) atoms. The minimum Gasteiger partial charge on any atom is -0.495 e. The maximum Gasteiger partial charge on any atom is 0.406 e. The van der Waals surface area contributed by atoms with E-state index in [2.05, 4.69) is 32.7 Å². The van der Waals surface area contributed by atoms with Crippen molar-refractivity contribution in [1.29, 1.82) is 0 Å². The van der Waals surface area contributed by atoms with Gasteiger partial charge >= 0.3 is 6.18 Å². The summed E-state index contributed by atoms with van der Waals surface area (Å²) in [6, 6.07) is 10.3. The molecule has 2 aliphatic heterocycles. The number of benzene rings is 2. The highest BCUT2D eigenvalue weighted by atomic mass is 19.4. The summed E-state index contributed by atoms with van der Waals surface area (Å²) in [6.07, 6.45) is 2.08. The molecule has 3 aliphatic rings. The van der Waals surface area contributed by atoms with Gasteiger partial charge in [0, 0.05) is 68.0 Å². The van der Waals surface area contributed by atoms with Crippen molar-refractivity contribution in [2.75, 3.05) is 57.6 Å². The molecule has 1 spiro atoms. The predicted molar refractivity (Wildman–Crippen MR) is 173 cm³/mol. The highest BCUT2D eigenvalue weighted by Crippen LogP contribution is 2.43. The molecule has 3 N–H and O–H groups in total. The lowest BCUT2D eigenvalue weighted by molar-refractivity contribution is -0.140. The summed E-state index contributed by atoms with van der Waals surface area (Å²) >= 11 is 0. The van der Waals surface area contributed by atoms with Crippen molar-refractivity contribution < 1.29 is 31.8 Å². The van der Waals surface area contributed by atoms with Gasteiger partial charge in [0.25, 0.3) is 5.91 Å². The van der Waals surface area contributed by atoms with Gasteiger partial charge in [0.15, 0.2) is 0 Å². The Kier molecular flexibility index (Phi) is 9.58. The van der Waals surface area contributed by atoms with E-state index in [1.165, 1.54) is 37.9 Å². The number of likely N-dealkylation sites (tertiary alicyclic amines) is 1. The van der Waals surface area contributed by atoms with Crippen LogP contribution in [-0.4, -0.2) is 80.6 Å². The lowest BCUT2D eigenvalue weighted by atomic mass is 9.71. The maximum atomic E-state index is 14.5. The van der Waals surface area contributed by atoms with Gasteiger partial charge in [-0.1, -0.05) is 12.0 Å². The smallest absolute Gasteiger partial charge is 0.406 e. The van der Waals surface area contributed by atoms with Crippen molar-refractivity contribution in [3.8, 4) is 17.6 Å². The molecule has 8 nitrogen and oxygen atoms in total. The van der Waals surface area contributed by atoms with Crippen molar-refractivity contribution >= 4 is 28.2 Å². The average molecular weight is 656 g/mol. The van der Waals surface area contributed by atoms with Crippen LogP contribution in [0.5, 0.6) is 5.75 Å². The average Bonchev–Trinajstić information content (AvgIpc) is 3.38. The Morgan fingerprint density at radius 3 is 2.51 bits per heavy atom. The Bertz CT molecular complexity index is 1660. The monoisotopic (exact) mass is 655 g/mol. The zero-order valence-electron chi connectivity index (χ0n) is 26.7. The summed E-state index contributed by atoms with van der Waals surface area (Å²) in [4.78, 5) is 14.6. The fourth-order valence-corrected chi connectivity index (χ4v) is 7.31. The SMILES string of the molecule is CNC(=O)c1cc(OC)c(NCC#Cc2cc3c(NC4CCC(N5CC6(CCOCC6)C5)CC4)cccc3n2CC(F)(F)F)cc1F. The second-order valence-corrected chi connectivity index (χ2v) is 12.9. The molecule has 1 saturated carbocycles. The third-order valence-electron chi connectivity index (χ3n) is 9.83. The van der Waals surface area contributed by atoms with E-state index in [9.17, 15) is 22.4 Å². The fraction of sp³-hybridized carbons (Fsp3) is 0.514. The maximum absolute atomic E-state index is 14.5. The molecule has 1 aromatic heterocycles. The molecule has 3 fully saturated rings. The number of nitrogens with one attached hydrogen (secondary N) is 3. The Hall–Kier alpha value is -3.95. The molecule has 1 amide bonds. The number of hydrogen-bond donors (Lipinski definition) is 3. The Morgan fingerprint density at radius 2 is 1.83 bits per heavy atom. The molecule has 1 aliphatic carbocycles. The molecule has 0 unspecified atom stereocenters. The summed E-state index contributed by atoms with van der Waals surface area (Å²) in [5, 5.41) is 9.64. The zero-order valence-corrected chi connectivity index (χ0v) is 26.7. The van der Waals surface area contributed by atoms with E-state index in [0.29, 0.717) is 22.4 Å². The summed E-state index contributed by atoms with van der Waals surface area (Å²) in [6.45, 7) is 2.90. The Labute approximate surface area is 272 Å². The molecule has 0 radical (unpaired) electrons. The lowest BCUT2D eigenvalue weighted by Gasteiger charge is -2.56. The number of anilines is 2. The number of ether oxygens (including phenoxy) is 2. The minimum atomic E-state index is -4.44. The Balaban J connectivity index is 1.14. The number of halogens is 4. The molecule has 0 bridgehead atoms. The quantitative estimate of drug-likeness (QED) is 0.204. The normalized spacial score (nSPS) is 21.1. The van der Waals surface area contributed by atoms with E-state index < -0.39 is 24.4 Å². The number of methoxy groups -OCH3 is 1. The molecule has 12 heteroatoms. The second kappa shape index (κ2) is 13.6. The van der Waals surface area contributed by atoms with Gasteiger partial charge in [-0.25, -0.2) is 4.39 Å². The standard InChI is InChI=1S/C35H41F4N5O3/c1-40-33(45)26-18-32(46-2)30(19-28(26)36)41-14-4-5-25-17-27-29(6-3-7-31(27)44(25)22-35(37,38)39)42-23-8-10-24(11-9-23)43-20-34(21-43)12-15-47-16-13-34/h3,6-7,17-19,23-24,41-42H,8-16,20-22H2,1-2H3,(H,40,45). The summed E-state index contributed by atoms with van der Waals surface area (Å²) < 4.78 is 67.7. The van der Waals surface area contributed by atoms with Gasteiger partial charge in [0.05, 0.1) is 36.1 Å². The van der Waals surface area contributed by atoms with Crippen molar-refractivity contribution in [3.05, 3.63) is 53.5 Å². The first kappa shape index (κ1) is 33.0. The highest BCUT2D eigenvalue weighted by molar-refractivity contribution is 5.95. The number of nitrogens with zero attached hydrogens (tertiary/aromatic N) is 2. The highest BCUT2D eigenvalue weighted by Gasteiger charge is 2.46.